The first kappa shape index (κ1) is 24.6. The zero-order valence-electron chi connectivity index (χ0n) is 17.0. The number of hydrogen-bond acceptors (Lipinski definition) is 2. The molecule has 0 bridgehead atoms. The Morgan fingerprint density at radius 1 is 0.533 bits per heavy atom. The molecule has 0 aliphatic rings. The van der Waals surface area contributed by atoms with E-state index < -0.39 is 0 Å². The van der Waals surface area contributed by atoms with Crippen LogP contribution in [-0.4, -0.2) is 0 Å². The van der Waals surface area contributed by atoms with Crippen molar-refractivity contribution in [3.63, 3.8) is 0 Å². The van der Waals surface area contributed by atoms with Gasteiger partial charge in [0, 0.05) is 37.1 Å². The maximum atomic E-state index is 6.10. The Labute approximate surface area is 212 Å². The second-order valence-electron chi connectivity index (χ2n) is 7.38. The minimum Gasteiger partial charge on any atom is -1.00 e. The lowest BCUT2D eigenvalue weighted by Crippen LogP contribution is -3.00. The van der Waals surface area contributed by atoms with Gasteiger partial charge in [0.1, 0.15) is 13.1 Å². The molecular formula is C24H28I2N4. The summed E-state index contributed by atoms with van der Waals surface area (Å²) in [6.07, 6.45) is 9.00. The van der Waals surface area contributed by atoms with Crippen LogP contribution in [0.3, 0.4) is 0 Å². The summed E-state index contributed by atoms with van der Waals surface area (Å²) in [4.78, 5) is 0. The third kappa shape index (κ3) is 5.51. The number of nitrogens with two attached hydrogens (primary N) is 2. The number of rotatable bonds is 7. The number of benzene rings is 2. The lowest BCUT2D eigenvalue weighted by molar-refractivity contribution is -0.673. The highest BCUT2D eigenvalue weighted by Crippen LogP contribution is 2.18. The zero-order valence-corrected chi connectivity index (χ0v) is 21.3. The molecule has 0 atom stereocenters. The number of para-hydroxylation sites is 2. The van der Waals surface area contributed by atoms with E-state index in [9.17, 15) is 0 Å². The Balaban J connectivity index is 0.00000160. The van der Waals surface area contributed by atoms with E-state index in [0.717, 1.165) is 35.2 Å². The van der Waals surface area contributed by atoms with Crippen molar-refractivity contribution in [2.24, 2.45) is 0 Å². The number of nitrogens with zero attached hydrogens (tertiary/aromatic N) is 2. The van der Waals surface area contributed by atoms with Crippen molar-refractivity contribution in [3.8, 4) is 0 Å². The number of pyridine rings is 2. The van der Waals surface area contributed by atoms with Gasteiger partial charge in [-0.2, -0.15) is 9.13 Å². The highest BCUT2D eigenvalue weighted by molar-refractivity contribution is 5.88. The fourth-order valence-electron chi connectivity index (χ4n) is 3.92. The van der Waals surface area contributed by atoms with E-state index in [1.807, 2.05) is 24.3 Å². The topological polar surface area (TPSA) is 59.8 Å². The average Bonchev–Trinajstić information content (AvgIpc) is 2.74. The average molecular weight is 626 g/mol. The summed E-state index contributed by atoms with van der Waals surface area (Å²) >= 11 is 0. The quantitative estimate of drug-likeness (QED) is 0.142. The van der Waals surface area contributed by atoms with E-state index in [1.165, 1.54) is 36.7 Å². The Bertz CT molecular complexity index is 1030. The molecule has 0 spiro atoms. The number of hydrogen-bond donors (Lipinski definition) is 2. The van der Waals surface area contributed by atoms with E-state index in [2.05, 4.69) is 57.9 Å². The van der Waals surface area contributed by atoms with Gasteiger partial charge in [-0.25, -0.2) is 0 Å². The van der Waals surface area contributed by atoms with E-state index >= 15 is 0 Å². The lowest BCUT2D eigenvalue weighted by atomic mass is 10.1. The second kappa shape index (κ2) is 11.6. The minimum atomic E-state index is 0. The van der Waals surface area contributed by atoms with E-state index in [0.29, 0.717) is 0 Å². The first-order chi connectivity index (χ1) is 13.7. The lowest BCUT2D eigenvalue weighted by Gasteiger charge is -2.05. The van der Waals surface area contributed by atoms with Crippen LogP contribution in [0.2, 0.25) is 0 Å². The molecular weight excluding hydrogens is 598 g/mol. The molecule has 0 saturated heterocycles. The molecule has 0 radical (unpaired) electrons. The van der Waals surface area contributed by atoms with Crippen LogP contribution in [0.4, 0.5) is 11.4 Å². The maximum Gasteiger partial charge on any atom is 0.214 e. The summed E-state index contributed by atoms with van der Waals surface area (Å²) in [7, 11) is 0. The maximum absolute atomic E-state index is 6.10. The van der Waals surface area contributed by atoms with Crippen LogP contribution in [0, 0.1) is 0 Å². The third-order valence-corrected chi connectivity index (χ3v) is 5.47. The van der Waals surface area contributed by atoms with Crippen LogP contribution in [0.15, 0.2) is 73.1 Å². The van der Waals surface area contributed by atoms with E-state index in [4.69, 9.17) is 11.5 Å². The predicted octanol–water partition coefficient (Wildman–Crippen LogP) is -2.00. The summed E-state index contributed by atoms with van der Waals surface area (Å²) in [6, 6.07) is 20.7. The molecule has 0 unspecified atom stereocenters. The first-order valence-corrected chi connectivity index (χ1v) is 10.1. The van der Waals surface area contributed by atoms with Crippen molar-refractivity contribution in [1.29, 1.82) is 0 Å². The first-order valence-electron chi connectivity index (χ1n) is 10.1. The summed E-state index contributed by atoms with van der Waals surface area (Å²) in [5.41, 5.74) is 16.3. The minimum absolute atomic E-state index is 0. The SMILES string of the molecule is Nc1cc[n+](CCCCCC[n+]2ccc(N)c3ccccc32)c2ccccc12.[I-].[I-]. The van der Waals surface area contributed by atoms with Gasteiger partial charge in [0.15, 0.2) is 12.4 Å². The number of fused-ring (bicyclic) bond motifs is 2. The monoisotopic (exact) mass is 626 g/mol. The normalized spacial score (nSPS) is 10.5. The molecule has 4 N–H and O–H groups in total. The van der Waals surface area contributed by atoms with Crippen molar-refractivity contribution in [2.75, 3.05) is 11.5 Å². The molecule has 4 nitrogen and oxygen atoms in total. The van der Waals surface area contributed by atoms with Crippen LogP contribution in [-0.2, 0) is 13.1 Å². The number of aryl methyl sites for hydroxylation is 2. The largest absolute Gasteiger partial charge is 1.00 e. The molecule has 2 heterocycles. The smallest absolute Gasteiger partial charge is 0.214 e. The van der Waals surface area contributed by atoms with Gasteiger partial charge in [-0.1, -0.05) is 24.3 Å². The predicted molar refractivity (Wildman–Crippen MR) is 116 cm³/mol. The Kier molecular flexibility index (Phi) is 9.54. The molecule has 0 saturated carbocycles. The third-order valence-electron chi connectivity index (χ3n) is 5.47. The molecule has 0 fully saturated rings. The standard InChI is InChI=1S/C24H26N4.2HI/c25-21-13-17-27(23-11-5-3-9-19(21)23)15-7-1-2-8-16-28-18-14-22(26)20-10-4-6-12-24(20)28;;/h3-6,9-14,17-18,25-26H,1-2,7-8,15-16H2;2*1H. The number of nitrogen functional groups attached to an aromatic ring is 2. The molecule has 4 rings (SSSR count). The molecule has 6 heteroatoms. The van der Waals surface area contributed by atoms with E-state index in [1.54, 1.807) is 0 Å². The molecule has 0 aliphatic heterocycles. The van der Waals surface area contributed by atoms with Crippen LogP contribution < -0.4 is 68.6 Å². The van der Waals surface area contributed by atoms with Gasteiger partial charge in [0.05, 0.1) is 22.1 Å². The zero-order chi connectivity index (χ0) is 19.3. The van der Waals surface area contributed by atoms with Crippen LogP contribution >= 0.6 is 0 Å². The van der Waals surface area contributed by atoms with Crippen molar-refractivity contribution in [3.05, 3.63) is 73.1 Å². The van der Waals surface area contributed by atoms with Crippen LogP contribution in [0.5, 0.6) is 0 Å². The van der Waals surface area contributed by atoms with Gasteiger partial charge in [0.2, 0.25) is 11.0 Å². The summed E-state index contributed by atoms with van der Waals surface area (Å²) in [5, 5.41) is 2.27. The number of anilines is 2. The van der Waals surface area contributed by atoms with Crippen molar-refractivity contribution in [1.82, 2.24) is 0 Å². The summed E-state index contributed by atoms with van der Waals surface area (Å²) in [5.74, 6) is 0. The van der Waals surface area contributed by atoms with Crippen molar-refractivity contribution in [2.45, 2.75) is 38.8 Å². The number of aromatic nitrogens is 2. The molecule has 2 aromatic carbocycles. The van der Waals surface area contributed by atoms with Crippen molar-refractivity contribution < 1.29 is 57.1 Å². The molecule has 0 amide bonds. The number of unbranched alkanes of at least 4 members (excludes halogenated alkanes) is 3. The molecule has 30 heavy (non-hydrogen) atoms. The van der Waals surface area contributed by atoms with E-state index in [-0.39, 0.29) is 48.0 Å². The highest BCUT2D eigenvalue weighted by atomic mass is 127. The van der Waals surface area contributed by atoms with Gasteiger partial charge in [-0.15, -0.1) is 0 Å². The number of halogens is 2. The van der Waals surface area contributed by atoms with Gasteiger partial charge >= 0.3 is 0 Å². The highest BCUT2D eigenvalue weighted by Gasteiger charge is 2.12. The van der Waals surface area contributed by atoms with Gasteiger partial charge in [0.25, 0.3) is 0 Å². The molecule has 158 valence electrons. The Morgan fingerprint density at radius 2 is 0.933 bits per heavy atom. The second-order valence-corrected chi connectivity index (χ2v) is 7.38. The fraction of sp³-hybridized carbons (Fsp3) is 0.250. The Hall–Kier alpha value is -1.68. The van der Waals surface area contributed by atoms with Gasteiger partial charge < -0.3 is 59.4 Å². The van der Waals surface area contributed by atoms with Crippen LogP contribution in [0.1, 0.15) is 25.7 Å². The molecule has 0 aliphatic carbocycles. The van der Waals surface area contributed by atoms with Crippen LogP contribution in [0.25, 0.3) is 21.8 Å². The Morgan fingerprint density at radius 3 is 1.37 bits per heavy atom. The van der Waals surface area contributed by atoms with Gasteiger partial charge in [-0.3, -0.25) is 0 Å². The summed E-state index contributed by atoms with van der Waals surface area (Å²) in [6.45, 7) is 2.05. The van der Waals surface area contributed by atoms with Crippen molar-refractivity contribution >= 4 is 33.2 Å². The van der Waals surface area contributed by atoms with Gasteiger partial charge in [-0.05, 0) is 25.0 Å². The summed E-state index contributed by atoms with van der Waals surface area (Å²) < 4.78 is 4.63. The molecule has 2 aromatic heterocycles. The molecule has 4 aromatic rings. The fourth-order valence-corrected chi connectivity index (χ4v) is 3.92.